The van der Waals surface area contributed by atoms with Crippen LogP contribution in [0.25, 0.3) is 16.9 Å². The fraction of sp³-hybridized carbons (Fsp3) is 0.294. The third kappa shape index (κ3) is 2.74. The van der Waals surface area contributed by atoms with E-state index in [1.807, 2.05) is 23.2 Å². The SMILES string of the molecule is O=C(NN1CCCCC1)c1cnn2c(-c3cccnc3)ccnc12. The van der Waals surface area contributed by atoms with E-state index in [1.54, 1.807) is 29.3 Å². The summed E-state index contributed by atoms with van der Waals surface area (Å²) in [4.78, 5) is 21.1. The highest BCUT2D eigenvalue weighted by Gasteiger charge is 2.19. The molecule has 1 aliphatic rings. The van der Waals surface area contributed by atoms with Gasteiger partial charge < -0.3 is 0 Å². The number of amides is 1. The lowest BCUT2D eigenvalue weighted by molar-refractivity contribution is 0.0751. The fourth-order valence-electron chi connectivity index (χ4n) is 2.99. The van der Waals surface area contributed by atoms with Gasteiger partial charge in [0.25, 0.3) is 5.91 Å². The molecule has 0 aromatic carbocycles. The van der Waals surface area contributed by atoms with Gasteiger partial charge in [-0.25, -0.2) is 14.5 Å². The number of nitrogens with one attached hydrogen (secondary N) is 1. The van der Waals surface area contributed by atoms with Crippen molar-refractivity contribution in [3.63, 3.8) is 0 Å². The molecule has 1 fully saturated rings. The van der Waals surface area contributed by atoms with Gasteiger partial charge in [-0.05, 0) is 31.0 Å². The third-order valence-electron chi connectivity index (χ3n) is 4.22. The van der Waals surface area contributed by atoms with E-state index in [-0.39, 0.29) is 5.91 Å². The predicted octanol–water partition coefficient (Wildman–Crippen LogP) is 1.92. The molecular formula is C17H18N6O. The van der Waals surface area contributed by atoms with Crippen LogP contribution in [0.15, 0.2) is 43.0 Å². The molecule has 7 heteroatoms. The highest BCUT2D eigenvalue weighted by atomic mass is 16.2. The van der Waals surface area contributed by atoms with Crippen molar-refractivity contribution >= 4 is 11.6 Å². The van der Waals surface area contributed by atoms with E-state index in [1.165, 1.54) is 6.42 Å². The lowest BCUT2D eigenvalue weighted by Crippen LogP contribution is -2.45. The Kier molecular flexibility index (Phi) is 3.92. The summed E-state index contributed by atoms with van der Waals surface area (Å²) in [5, 5.41) is 6.33. The molecule has 0 radical (unpaired) electrons. The van der Waals surface area contributed by atoms with Gasteiger partial charge in [-0.3, -0.25) is 15.2 Å². The Balaban J connectivity index is 1.66. The second kappa shape index (κ2) is 6.37. The van der Waals surface area contributed by atoms with E-state index in [2.05, 4.69) is 20.5 Å². The summed E-state index contributed by atoms with van der Waals surface area (Å²) >= 11 is 0. The third-order valence-corrected chi connectivity index (χ3v) is 4.22. The van der Waals surface area contributed by atoms with Gasteiger partial charge in [-0.2, -0.15) is 5.10 Å². The van der Waals surface area contributed by atoms with Crippen LogP contribution in [0.4, 0.5) is 0 Å². The van der Waals surface area contributed by atoms with Crippen molar-refractivity contribution in [2.45, 2.75) is 19.3 Å². The number of nitrogens with zero attached hydrogens (tertiary/aromatic N) is 5. The van der Waals surface area contributed by atoms with Gasteiger partial charge in [0.05, 0.1) is 11.9 Å². The van der Waals surface area contributed by atoms with Crippen LogP contribution >= 0.6 is 0 Å². The molecular weight excluding hydrogens is 304 g/mol. The number of piperidine rings is 1. The largest absolute Gasteiger partial charge is 0.285 e. The van der Waals surface area contributed by atoms with Gasteiger partial charge in [0.15, 0.2) is 5.65 Å². The monoisotopic (exact) mass is 322 g/mol. The van der Waals surface area contributed by atoms with Crippen molar-refractivity contribution < 1.29 is 4.79 Å². The van der Waals surface area contributed by atoms with Crippen molar-refractivity contribution in [3.05, 3.63) is 48.5 Å². The van der Waals surface area contributed by atoms with Gasteiger partial charge in [0.1, 0.15) is 5.56 Å². The summed E-state index contributed by atoms with van der Waals surface area (Å²) in [6.45, 7) is 1.78. The summed E-state index contributed by atoms with van der Waals surface area (Å²) in [7, 11) is 0. The molecule has 7 nitrogen and oxygen atoms in total. The van der Waals surface area contributed by atoms with Crippen LogP contribution in [-0.4, -0.2) is 43.6 Å². The lowest BCUT2D eigenvalue weighted by Gasteiger charge is -2.26. The predicted molar refractivity (Wildman–Crippen MR) is 89.1 cm³/mol. The Labute approximate surface area is 139 Å². The van der Waals surface area contributed by atoms with Crippen molar-refractivity contribution in [2.24, 2.45) is 0 Å². The van der Waals surface area contributed by atoms with Crippen LogP contribution < -0.4 is 5.43 Å². The minimum atomic E-state index is -0.164. The van der Waals surface area contributed by atoms with Gasteiger partial charge >= 0.3 is 0 Å². The molecule has 0 spiro atoms. The van der Waals surface area contributed by atoms with E-state index in [0.717, 1.165) is 37.2 Å². The van der Waals surface area contributed by atoms with E-state index in [0.29, 0.717) is 11.2 Å². The Hall–Kier alpha value is -2.80. The maximum Gasteiger partial charge on any atom is 0.271 e. The van der Waals surface area contributed by atoms with Crippen LogP contribution in [0.5, 0.6) is 0 Å². The molecule has 1 amide bonds. The van der Waals surface area contributed by atoms with Crippen molar-refractivity contribution in [2.75, 3.05) is 13.1 Å². The van der Waals surface area contributed by atoms with Crippen molar-refractivity contribution in [1.29, 1.82) is 0 Å². The smallest absolute Gasteiger partial charge is 0.271 e. The Morgan fingerprint density at radius 1 is 1.08 bits per heavy atom. The van der Waals surface area contributed by atoms with Gasteiger partial charge in [0.2, 0.25) is 0 Å². The first-order valence-electron chi connectivity index (χ1n) is 8.12. The Morgan fingerprint density at radius 2 is 1.96 bits per heavy atom. The first kappa shape index (κ1) is 14.8. The number of aromatic nitrogens is 4. The molecule has 0 aliphatic carbocycles. The summed E-state index contributed by atoms with van der Waals surface area (Å²) in [5.41, 5.74) is 5.77. The van der Waals surface area contributed by atoms with Crippen LogP contribution in [0, 0.1) is 0 Å². The molecule has 1 aliphatic heterocycles. The number of fused-ring (bicyclic) bond motifs is 1. The van der Waals surface area contributed by atoms with Gasteiger partial charge in [-0.1, -0.05) is 6.42 Å². The molecule has 0 atom stereocenters. The first-order chi connectivity index (χ1) is 11.8. The number of hydrogen-bond acceptors (Lipinski definition) is 5. The zero-order valence-corrected chi connectivity index (χ0v) is 13.2. The van der Waals surface area contributed by atoms with Crippen LogP contribution in [0.1, 0.15) is 29.6 Å². The molecule has 0 saturated carbocycles. The normalized spacial score (nSPS) is 15.5. The molecule has 1 saturated heterocycles. The molecule has 3 aromatic rings. The Bertz CT molecular complexity index is 854. The average molecular weight is 322 g/mol. The molecule has 1 N–H and O–H groups in total. The van der Waals surface area contributed by atoms with Crippen molar-refractivity contribution in [3.8, 4) is 11.3 Å². The number of carbonyl (C=O) groups excluding carboxylic acids is 1. The first-order valence-corrected chi connectivity index (χ1v) is 8.12. The zero-order chi connectivity index (χ0) is 16.4. The molecule has 0 unspecified atom stereocenters. The summed E-state index contributed by atoms with van der Waals surface area (Å²) < 4.78 is 1.68. The number of pyridine rings is 1. The summed E-state index contributed by atoms with van der Waals surface area (Å²) in [6, 6.07) is 5.69. The van der Waals surface area contributed by atoms with Crippen molar-refractivity contribution in [1.82, 2.24) is 30.0 Å². The molecule has 24 heavy (non-hydrogen) atoms. The topological polar surface area (TPSA) is 75.4 Å². The molecule has 3 aromatic heterocycles. The molecule has 0 bridgehead atoms. The van der Waals surface area contributed by atoms with Crippen LogP contribution in [-0.2, 0) is 0 Å². The maximum absolute atomic E-state index is 12.6. The second-order valence-electron chi connectivity index (χ2n) is 5.85. The van der Waals surface area contributed by atoms with E-state index in [4.69, 9.17) is 0 Å². The van der Waals surface area contributed by atoms with E-state index >= 15 is 0 Å². The molecule has 4 rings (SSSR count). The number of rotatable bonds is 3. The maximum atomic E-state index is 12.6. The van der Waals surface area contributed by atoms with E-state index < -0.39 is 0 Å². The summed E-state index contributed by atoms with van der Waals surface area (Å²) in [6.07, 6.45) is 10.2. The highest BCUT2D eigenvalue weighted by Crippen LogP contribution is 2.20. The standard InChI is InChI=1S/C17H18N6O/c24-17(21-22-9-2-1-3-10-22)14-12-20-23-15(6-8-19-16(14)23)13-5-4-7-18-11-13/h4-8,11-12H,1-3,9-10H2,(H,21,24). The number of carbonyl (C=O) groups is 1. The van der Waals surface area contributed by atoms with Gasteiger partial charge in [-0.15, -0.1) is 0 Å². The van der Waals surface area contributed by atoms with E-state index in [9.17, 15) is 4.79 Å². The zero-order valence-electron chi connectivity index (χ0n) is 13.2. The second-order valence-corrected chi connectivity index (χ2v) is 5.85. The fourth-order valence-corrected chi connectivity index (χ4v) is 2.99. The highest BCUT2D eigenvalue weighted by molar-refractivity contribution is 5.99. The minimum absolute atomic E-state index is 0.164. The molecule has 4 heterocycles. The number of hydrogen-bond donors (Lipinski definition) is 1. The van der Waals surface area contributed by atoms with Crippen LogP contribution in [0.3, 0.4) is 0 Å². The van der Waals surface area contributed by atoms with Gasteiger partial charge in [0, 0.05) is 37.2 Å². The lowest BCUT2D eigenvalue weighted by atomic mass is 10.2. The quantitative estimate of drug-likeness (QED) is 0.797. The molecule has 122 valence electrons. The Morgan fingerprint density at radius 3 is 2.75 bits per heavy atom. The minimum Gasteiger partial charge on any atom is -0.285 e. The number of hydrazine groups is 1. The average Bonchev–Trinajstić information content (AvgIpc) is 3.07. The van der Waals surface area contributed by atoms with Crippen LogP contribution in [0.2, 0.25) is 0 Å². The summed E-state index contributed by atoms with van der Waals surface area (Å²) in [5.74, 6) is -0.164.